The van der Waals surface area contributed by atoms with Crippen molar-refractivity contribution in [1.82, 2.24) is 9.55 Å². The number of methoxy groups -OCH3 is 1. The summed E-state index contributed by atoms with van der Waals surface area (Å²) in [5, 5.41) is 0. The molecule has 0 atom stereocenters. The van der Waals surface area contributed by atoms with Crippen LogP contribution in [-0.2, 0) is 24.1 Å². The van der Waals surface area contributed by atoms with Crippen LogP contribution >= 0.6 is 0 Å². The van der Waals surface area contributed by atoms with Crippen LogP contribution in [0, 0.1) is 0 Å². The topological polar surface area (TPSA) is 27.1 Å². The molecule has 0 saturated carbocycles. The lowest BCUT2D eigenvalue weighted by Crippen LogP contribution is -2.10. The van der Waals surface area contributed by atoms with Gasteiger partial charge in [-0.1, -0.05) is 0 Å². The van der Waals surface area contributed by atoms with Crippen molar-refractivity contribution in [3.05, 3.63) is 17.7 Å². The fourth-order valence-corrected chi connectivity index (χ4v) is 1.91. The van der Waals surface area contributed by atoms with Crippen molar-refractivity contribution in [2.24, 2.45) is 0 Å². The molecule has 3 nitrogen and oxygen atoms in total. The lowest BCUT2D eigenvalue weighted by molar-refractivity contribution is 0.186. The Morgan fingerprint density at radius 2 is 2.31 bits per heavy atom. The Bertz CT molecular complexity index is 280. The summed E-state index contributed by atoms with van der Waals surface area (Å²) in [5.41, 5.74) is 2.74. The van der Waals surface area contributed by atoms with Gasteiger partial charge in [0.1, 0.15) is 0 Å². The first-order valence-electron chi connectivity index (χ1n) is 4.93. The molecule has 0 aliphatic heterocycles. The van der Waals surface area contributed by atoms with Gasteiger partial charge in [-0.2, -0.15) is 0 Å². The third-order valence-corrected chi connectivity index (χ3v) is 2.65. The van der Waals surface area contributed by atoms with Crippen LogP contribution in [0.15, 0.2) is 6.33 Å². The minimum Gasteiger partial charge on any atom is -0.383 e. The Morgan fingerprint density at radius 1 is 1.46 bits per heavy atom. The average molecular weight is 180 g/mol. The van der Waals surface area contributed by atoms with Crippen LogP contribution in [0.1, 0.15) is 24.2 Å². The number of fused-ring (bicyclic) bond motifs is 1. The molecular weight excluding hydrogens is 164 g/mol. The van der Waals surface area contributed by atoms with Gasteiger partial charge in [-0.3, -0.25) is 0 Å². The molecule has 0 aromatic carbocycles. The first-order chi connectivity index (χ1) is 6.42. The molecule has 1 aliphatic rings. The molecule has 0 amide bonds. The fraction of sp³-hybridized carbons (Fsp3) is 0.700. The lowest BCUT2D eigenvalue weighted by atomic mass is 10.0. The maximum Gasteiger partial charge on any atom is 0.0952 e. The largest absolute Gasteiger partial charge is 0.383 e. The maximum atomic E-state index is 5.06. The van der Waals surface area contributed by atoms with Gasteiger partial charge in [-0.15, -0.1) is 0 Å². The van der Waals surface area contributed by atoms with Gasteiger partial charge in [0.25, 0.3) is 0 Å². The summed E-state index contributed by atoms with van der Waals surface area (Å²) in [6.45, 7) is 1.72. The molecule has 0 unspecified atom stereocenters. The zero-order valence-electron chi connectivity index (χ0n) is 8.12. The predicted molar refractivity (Wildman–Crippen MR) is 50.7 cm³/mol. The molecule has 1 aliphatic carbocycles. The molecule has 0 spiro atoms. The zero-order valence-corrected chi connectivity index (χ0v) is 8.12. The number of imidazole rings is 1. The fourth-order valence-electron chi connectivity index (χ4n) is 1.91. The number of aryl methyl sites for hydroxylation is 1. The predicted octanol–water partition coefficient (Wildman–Crippen LogP) is 1.41. The summed E-state index contributed by atoms with van der Waals surface area (Å²) in [6.07, 6.45) is 6.92. The summed E-state index contributed by atoms with van der Waals surface area (Å²) in [4.78, 5) is 4.42. The molecule has 3 heteroatoms. The first kappa shape index (κ1) is 8.75. The molecular formula is C10H16N2O. The molecule has 0 N–H and O–H groups in total. The highest BCUT2D eigenvalue weighted by molar-refractivity contribution is 5.16. The third-order valence-electron chi connectivity index (χ3n) is 2.65. The molecule has 1 aromatic rings. The molecule has 0 bridgehead atoms. The number of ether oxygens (including phenoxy) is 1. The highest BCUT2D eigenvalue weighted by Crippen LogP contribution is 2.19. The SMILES string of the molecule is COCCn1cnc2c1CCCC2. The van der Waals surface area contributed by atoms with Crippen molar-refractivity contribution in [2.75, 3.05) is 13.7 Å². The van der Waals surface area contributed by atoms with E-state index in [9.17, 15) is 0 Å². The number of aromatic nitrogens is 2. The normalized spacial score (nSPS) is 15.8. The van der Waals surface area contributed by atoms with E-state index in [0.717, 1.165) is 19.6 Å². The molecule has 0 saturated heterocycles. The van der Waals surface area contributed by atoms with Crippen molar-refractivity contribution in [3.63, 3.8) is 0 Å². The Morgan fingerprint density at radius 3 is 3.15 bits per heavy atom. The second kappa shape index (κ2) is 3.92. The van der Waals surface area contributed by atoms with E-state index in [4.69, 9.17) is 4.74 Å². The van der Waals surface area contributed by atoms with E-state index in [2.05, 4.69) is 9.55 Å². The van der Waals surface area contributed by atoms with Crippen LogP contribution in [-0.4, -0.2) is 23.3 Å². The van der Waals surface area contributed by atoms with E-state index < -0.39 is 0 Å². The van der Waals surface area contributed by atoms with E-state index in [1.165, 1.54) is 30.7 Å². The molecule has 72 valence electrons. The summed E-state index contributed by atoms with van der Waals surface area (Å²) >= 11 is 0. The second-order valence-electron chi connectivity index (χ2n) is 3.53. The van der Waals surface area contributed by atoms with Gasteiger partial charge in [0, 0.05) is 19.3 Å². The van der Waals surface area contributed by atoms with Gasteiger partial charge in [0.2, 0.25) is 0 Å². The van der Waals surface area contributed by atoms with Crippen LogP contribution in [0.2, 0.25) is 0 Å². The quantitative estimate of drug-likeness (QED) is 0.703. The summed E-state index contributed by atoms with van der Waals surface area (Å²) < 4.78 is 7.29. The summed E-state index contributed by atoms with van der Waals surface area (Å²) in [7, 11) is 1.74. The zero-order chi connectivity index (χ0) is 9.10. The summed E-state index contributed by atoms with van der Waals surface area (Å²) in [6, 6.07) is 0. The number of hydrogen-bond acceptors (Lipinski definition) is 2. The summed E-state index contributed by atoms with van der Waals surface area (Å²) in [5.74, 6) is 0. The average Bonchev–Trinajstić information content (AvgIpc) is 2.58. The van der Waals surface area contributed by atoms with Gasteiger partial charge in [-0.25, -0.2) is 4.98 Å². The van der Waals surface area contributed by atoms with Gasteiger partial charge < -0.3 is 9.30 Å². The Labute approximate surface area is 78.7 Å². The van der Waals surface area contributed by atoms with E-state index in [0.29, 0.717) is 0 Å². The van der Waals surface area contributed by atoms with Crippen molar-refractivity contribution in [3.8, 4) is 0 Å². The number of rotatable bonds is 3. The second-order valence-corrected chi connectivity index (χ2v) is 3.53. The number of hydrogen-bond donors (Lipinski definition) is 0. The van der Waals surface area contributed by atoms with E-state index >= 15 is 0 Å². The van der Waals surface area contributed by atoms with Crippen molar-refractivity contribution < 1.29 is 4.74 Å². The van der Waals surface area contributed by atoms with Crippen molar-refractivity contribution >= 4 is 0 Å². The van der Waals surface area contributed by atoms with Crippen molar-refractivity contribution in [1.29, 1.82) is 0 Å². The monoisotopic (exact) mass is 180 g/mol. The van der Waals surface area contributed by atoms with Gasteiger partial charge in [0.15, 0.2) is 0 Å². The Balaban J connectivity index is 2.12. The molecule has 2 rings (SSSR count). The standard InChI is InChI=1S/C10H16N2O/c1-13-7-6-12-8-11-9-4-2-3-5-10(9)12/h8H,2-7H2,1H3. The highest BCUT2D eigenvalue weighted by atomic mass is 16.5. The van der Waals surface area contributed by atoms with Crippen LogP contribution in [0.5, 0.6) is 0 Å². The molecule has 0 radical (unpaired) electrons. The number of nitrogens with zero attached hydrogens (tertiary/aromatic N) is 2. The van der Waals surface area contributed by atoms with Gasteiger partial charge in [0.05, 0.1) is 18.6 Å². The third kappa shape index (κ3) is 1.75. The Kier molecular flexibility index (Phi) is 2.64. The van der Waals surface area contributed by atoms with Crippen LogP contribution in [0.4, 0.5) is 0 Å². The molecule has 0 fully saturated rings. The van der Waals surface area contributed by atoms with Crippen LogP contribution in [0.3, 0.4) is 0 Å². The van der Waals surface area contributed by atoms with Gasteiger partial charge >= 0.3 is 0 Å². The van der Waals surface area contributed by atoms with E-state index in [-0.39, 0.29) is 0 Å². The Hall–Kier alpha value is -0.830. The maximum absolute atomic E-state index is 5.06. The minimum atomic E-state index is 0.781. The molecule has 1 heterocycles. The van der Waals surface area contributed by atoms with E-state index in [1.807, 2.05) is 6.33 Å². The van der Waals surface area contributed by atoms with E-state index in [1.54, 1.807) is 7.11 Å². The highest BCUT2D eigenvalue weighted by Gasteiger charge is 2.14. The van der Waals surface area contributed by atoms with Gasteiger partial charge in [-0.05, 0) is 25.7 Å². The first-order valence-corrected chi connectivity index (χ1v) is 4.93. The molecule has 13 heavy (non-hydrogen) atoms. The minimum absolute atomic E-state index is 0.781. The smallest absolute Gasteiger partial charge is 0.0952 e. The molecule has 1 aromatic heterocycles. The van der Waals surface area contributed by atoms with Crippen LogP contribution in [0.25, 0.3) is 0 Å². The van der Waals surface area contributed by atoms with Crippen LogP contribution < -0.4 is 0 Å². The van der Waals surface area contributed by atoms with Crippen molar-refractivity contribution in [2.45, 2.75) is 32.2 Å². The lowest BCUT2D eigenvalue weighted by Gasteiger charge is -2.13.